The standard InChI is InChI=1S/C13H14O5/c14-6-16-5-9-2-1-8-3-11-12(18-7-17-11)4-10(8)13(9)15/h3-4,6,9,13,15H,1-2,5,7H2. The van der Waals surface area contributed by atoms with Crippen molar-refractivity contribution in [3.63, 3.8) is 0 Å². The molecular weight excluding hydrogens is 236 g/mol. The smallest absolute Gasteiger partial charge is 0.293 e. The Bertz CT molecular complexity index is 471. The molecule has 3 rings (SSSR count). The number of ether oxygens (including phenoxy) is 3. The van der Waals surface area contributed by atoms with Crippen LogP contribution in [0.1, 0.15) is 23.7 Å². The molecule has 18 heavy (non-hydrogen) atoms. The zero-order valence-electron chi connectivity index (χ0n) is 9.80. The van der Waals surface area contributed by atoms with Gasteiger partial charge in [-0.3, -0.25) is 4.79 Å². The van der Waals surface area contributed by atoms with Crippen LogP contribution in [0, 0.1) is 5.92 Å². The molecule has 0 amide bonds. The fourth-order valence-electron chi connectivity index (χ4n) is 2.58. The number of carbonyl (C=O) groups excluding carboxylic acids is 1. The van der Waals surface area contributed by atoms with Crippen LogP contribution in [-0.4, -0.2) is 25.0 Å². The molecular formula is C13H14O5. The van der Waals surface area contributed by atoms with Gasteiger partial charge in [-0.25, -0.2) is 0 Å². The third kappa shape index (κ3) is 1.80. The van der Waals surface area contributed by atoms with Crippen LogP contribution in [0.15, 0.2) is 12.1 Å². The molecule has 5 heteroatoms. The van der Waals surface area contributed by atoms with Gasteiger partial charge in [0.15, 0.2) is 11.5 Å². The van der Waals surface area contributed by atoms with Gasteiger partial charge in [-0.05, 0) is 36.1 Å². The van der Waals surface area contributed by atoms with Crippen LogP contribution >= 0.6 is 0 Å². The summed E-state index contributed by atoms with van der Waals surface area (Å²) in [6.45, 7) is 0.895. The van der Waals surface area contributed by atoms with E-state index in [2.05, 4.69) is 0 Å². The van der Waals surface area contributed by atoms with E-state index in [1.165, 1.54) is 0 Å². The third-order valence-corrected chi connectivity index (χ3v) is 3.56. The van der Waals surface area contributed by atoms with Crippen molar-refractivity contribution in [2.75, 3.05) is 13.4 Å². The highest BCUT2D eigenvalue weighted by molar-refractivity contribution is 5.50. The van der Waals surface area contributed by atoms with Gasteiger partial charge in [0.1, 0.15) is 0 Å². The number of hydrogen-bond donors (Lipinski definition) is 1. The first-order valence-corrected chi connectivity index (χ1v) is 5.95. The normalized spacial score (nSPS) is 24.5. The van der Waals surface area contributed by atoms with Crippen molar-refractivity contribution >= 4 is 6.47 Å². The Labute approximate surface area is 104 Å². The van der Waals surface area contributed by atoms with E-state index in [4.69, 9.17) is 14.2 Å². The lowest BCUT2D eigenvalue weighted by Crippen LogP contribution is -2.24. The molecule has 1 N–H and O–H groups in total. The Morgan fingerprint density at radius 2 is 2.17 bits per heavy atom. The Hall–Kier alpha value is -1.75. The van der Waals surface area contributed by atoms with E-state index in [0.717, 1.165) is 29.7 Å². The number of aliphatic hydroxyl groups is 1. The SMILES string of the molecule is O=COCC1CCc2cc3c(cc2C1O)OCO3. The summed E-state index contributed by atoms with van der Waals surface area (Å²) in [5.74, 6) is 1.36. The van der Waals surface area contributed by atoms with Crippen molar-refractivity contribution < 1.29 is 24.1 Å². The molecule has 2 aliphatic rings. The number of benzene rings is 1. The van der Waals surface area contributed by atoms with Gasteiger partial charge >= 0.3 is 0 Å². The molecule has 96 valence electrons. The number of rotatable bonds is 3. The highest BCUT2D eigenvalue weighted by atomic mass is 16.7. The molecule has 1 aliphatic carbocycles. The Kier molecular flexibility index (Phi) is 2.83. The first-order chi connectivity index (χ1) is 8.79. The van der Waals surface area contributed by atoms with E-state index >= 15 is 0 Å². The molecule has 2 atom stereocenters. The van der Waals surface area contributed by atoms with Gasteiger partial charge < -0.3 is 19.3 Å². The average Bonchev–Trinajstić information content (AvgIpc) is 2.83. The van der Waals surface area contributed by atoms with Gasteiger partial charge in [-0.1, -0.05) is 0 Å². The minimum absolute atomic E-state index is 0.0527. The molecule has 2 unspecified atom stereocenters. The molecule has 0 fully saturated rings. The highest BCUT2D eigenvalue weighted by Crippen LogP contribution is 2.42. The van der Waals surface area contributed by atoms with Gasteiger partial charge in [0, 0.05) is 5.92 Å². The monoisotopic (exact) mass is 250 g/mol. The van der Waals surface area contributed by atoms with Crippen molar-refractivity contribution in [2.24, 2.45) is 5.92 Å². The molecule has 1 heterocycles. The highest BCUT2D eigenvalue weighted by Gasteiger charge is 2.30. The quantitative estimate of drug-likeness (QED) is 0.816. The second-order valence-electron chi connectivity index (χ2n) is 4.58. The fourth-order valence-corrected chi connectivity index (χ4v) is 2.58. The summed E-state index contributed by atoms with van der Waals surface area (Å²) in [4.78, 5) is 10.2. The summed E-state index contributed by atoms with van der Waals surface area (Å²) in [5, 5.41) is 10.3. The van der Waals surface area contributed by atoms with Crippen LogP contribution in [0.2, 0.25) is 0 Å². The molecule has 5 nitrogen and oxygen atoms in total. The first-order valence-electron chi connectivity index (χ1n) is 5.95. The van der Waals surface area contributed by atoms with E-state index in [1.807, 2.05) is 12.1 Å². The minimum Gasteiger partial charge on any atom is -0.467 e. The molecule has 0 bridgehead atoms. The lowest BCUT2D eigenvalue weighted by atomic mass is 9.81. The van der Waals surface area contributed by atoms with Crippen LogP contribution in [0.3, 0.4) is 0 Å². The van der Waals surface area contributed by atoms with Gasteiger partial charge in [0.05, 0.1) is 12.7 Å². The van der Waals surface area contributed by atoms with Crippen LogP contribution in [0.4, 0.5) is 0 Å². The number of carbonyl (C=O) groups is 1. The Morgan fingerprint density at radius 3 is 2.94 bits per heavy atom. The maximum absolute atomic E-state index is 10.3. The van der Waals surface area contributed by atoms with Crippen LogP contribution < -0.4 is 9.47 Å². The molecule has 1 aromatic rings. The molecule has 0 spiro atoms. The Balaban J connectivity index is 1.88. The molecule has 0 saturated carbocycles. The second-order valence-corrected chi connectivity index (χ2v) is 4.58. The predicted molar refractivity (Wildman–Crippen MR) is 61.4 cm³/mol. The van der Waals surface area contributed by atoms with Crippen molar-refractivity contribution in [3.05, 3.63) is 23.3 Å². The Morgan fingerprint density at radius 1 is 1.39 bits per heavy atom. The molecule has 0 saturated heterocycles. The fraction of sp³-hybridized carbons (Fsp3) is 0.462. The maximum atomic E-state index is 10.3. The van der Waals surface area contributed by atoms with Gasteiger partial charge in [-0.2, -0.15) is 0 Å². The summed E-state index contributed by atoms with van der Waals surface area (Å²) in [6.07, 6.45) is 1.01. The predicted octanol–water partition coefficient (Wildman–Crippen LogP) is 1.18. The van der Waals surface area contributed by atoms with Crippen molar-refractivity contribution in [2.45, 2.75) is 18.9 Å². The average molecular weight is 250 g/mol. The van der Waals surface area contributed by atoms with E-state index in [0.29, 0.717) is 12.2 Å². The first kappa shape index (κ1) is 11.3. The second kappa shape index (κ2) is 4.49. The minimum atomic E-state index is -0.622. The summed E-state index contributed by atoms with van der Waals surface area (Å²) < 4.78 is 15.4. The molecule has 0 radical (unpaired) electrons. The van der Waals surface area contributed by atoms with E-state index in [-0.39, 0.29) is 19.3 Å². The lowest BCUT2D eigenvalue weighted by Gasteiger charge is -2.29. The third-order valence-electron chi connectivity index (χ3n) is 3.56. The van der Waals surface area contributed by atoms with Crippen molar-refractivity contribution in [3.8, 4) is 11.5 Å². The number of hydrogen-bond acceptors (Lipinski definition) is 5. The van der Waals surface area contributed by atoms with Gasteiger partial charge in [0.25, 0.3) is 6.47 Å². The largest absolute Gasteiger partial charge is 0.467 e. The van der Waals surface area contributed by atoms with Crippen molar-refractivity contribution in [1.82, 2.24) is 0 Å². The summed E-state index contributed by atoms with van der Waals surface area (Å²) in [5.41, 5.74) is 1.93. The van der Waals surface area contributed by atoms with E-state index < -0.39 is 6.10 Å². The summed E-state index contributed by atoms with van der Waals surface area (Å²) >= 11 is 0. The number of aliphatic hydroxyl groups excluding tert-OH is 1. The molecule has 1 aromatic carbocycles. The summed E-state index contributed by atoms with van der Waals surface area (Å²) in [7, 11) is 0. The molecule has 0 aromatic heterocycles. The van der Waals surface area contributed by atoms with Gasteiger partial charge in [0.2, 0.25) is 6.79 Å². The van der Waals surface area contributed by atoms with E-state index in [9.17, 15) is 9.90 Å². The van der Waals surface area contributed by atoms with Crippen molar-refractivity contribution in [1.29, 1.82) is 0 Å². The number of aryl methyl sites for hydroxylation is 1. The zero-order valence-corrected chi connectivity index (χ0v) is 9.80. The van der Waals surface area contributed by atoms with E-state index in [1.54, 1.807) is 0 Å². The zero-order chi connectivity index (χ0) is 12.5. The lowest BCUT2D eigenvalue weighted by molar-refractivity contribution is -0.131. The number of fused-ring (bicyclic) bond motifs is 2. The van der Waals surface area contributed by atoms with Gasteiger partial charge in [-0.15, -0.1) is 0 Å². The van der Waals surface area contributed by atoms with Crippen LogP contribution in [-0.2, 0) is 16.0 Å². The summed E-state index contributed by atoms with van der Waals surface area (Å²) in [6, 6.07) is 3.76. The topological polar surface area (TPSA) is 65.0 Å². The maximum Gasteiger partial charge on any atom is 0.293 e. The molecule has 1 aliphatic heterocycles. The van der Waals surface area contributed by atoms with Crippen LogP contribution in [0.5, 0.6) is 11.5 Å². The van der Waals surface area contributed by atoms with Crippen LogP contribution in [0.25, 0.3) is 0 Å².